The molecule has 0 saturated heterocycles. The molecule has 0 aromatic carbocycles. The highest BCUT2D eigenvalue weighted by molar-refractivity contribution is 9.09. The van der Waals surface area contributed by atoms with Gasteiger partial charge in [0.05, 0.1) is 11.7 Å². The summed E-state index contributed by atoms with van der Waals surface area (Å²) in [6.45, 7) is 5.41. The molecule has 18 heavy (non-hydrogen) atoms. The molecule has 3 nitrogen and oxygen atoms in total. The molecule has 102 valence electrons. The van der Waals surface area contributed by atoms with Gasteiger partial charge in [0.25, 0.3) is 0 Å². The minimum absolute atomic E-state index is 0.164. The molecule has 2 rings (SSSR count). The molecule has 1 aromatic rings. The lowest BCUT2D eigenvalue weighted by atomic mass is 10.1. The molecular formula is C14H24BrN3. The zero-order valence-corrected chi connectivity index (χ0v) is 13.3. The second kappa shape index (κ2) is 5.74. The maximum atomic E-state index is 4.74. The van der Waals surface area contributed by atoms with E-state index in [0.29, 0.717) is 6.04 Å². The Balaban J connectivity index is 1.98. The highest BCUT2D eigenvalue weighted by Gasteiger charge is 2.23. The minimum Gasteiger partial charge on any atom is -0.295 e. The van der Waals surface area contributed by atoms with Gasteiger partial charge < -0.3 is 0 Å². The Morgan fingerprint density at radius 3 is 2.72 bits per heavy atom. The molecule has 1 aromatic heterocycles. The van der Waals surface area contributed by atoms with E-state index in [0.717, 1.165) is 11.9 Å². The van der Waals surface area contributed by atoms with Crippen LogP contribution in [0.2, 0.25) is 0 Å². The summed E-state index contributed by atoms with van der Waals surface area (Å²) in [5.74, 6) is 0. The molecular weight excluding hydrogens is 290 g/mol. The van der Waals surface area contributed by atoms with Gasteiger partial charge in [0.1, 0.15) is 0 Å². The number of hydrogen-bond acceptors (Lipinski definition) is 2. The van der Waals surface area contributed by atoms with E-state index in [1.54, 1.807) is 0 Å². The van der Waals surface area contributed by atoms with Crippen LogP contribution in [0.3, 0.4) is 0 Å². The fraction of sp³-hybridized carbons (Fsp3) is 0.786. The van der Waals surface area contributed by atoms with Crippen molar-refractivity contribution >= 4 is 15.9 Å². The SMILES string of the molecule is CN(Cc1ccn(C2CCCC2)n1)C(C)(C)CBr. The van der Waals surface area contributed by atoms with Gasteiger partial charge in [0.2, 0.25) is 0 Å². The van der Waals surface area contributed by atoms with Gasteiger partial charge in [-0.15, -0.1) is 0 Å². The number of rotatable bonds is 5. The third kappa shape index (κ3) is 3.15. The molecule has 1 saturated carbocycles. The third-order valence-electron chi connectivity index (χ3n) is 4.12. The van der Waals surface area contributed by atoms with Crippen molar-refractivity contribution in [2.75, 3.05) is 12.4 Å². The number of halogens is 1. The summed E-state index contributed by atoms with van der Waals surface area (Å²) in [6.07, 6.45) is 7.46. The molecule has 0 amide bonds. The Morgan fingerprint density at radius 2 is 2.11 bits per heavy atom. The monoisotopic (exact) mass is 313 g/mol. The Hall–Kier alpha value is -0.350. The van der Waals surface area contributed by atoms with E-state index in [1.807, 2.05) is 0 Å². The topological polar surface area (TPSA) is 21.1 Å². The molecule has 1 aliphatic rings. The molecule has 0 spiro atoms. The van der Waals surface area contributed by atoms with Gasteiger partial charge in [-0.2, -0.15) is 5.10 Å². The van der Waals surface area contributed by atoms with Crippen molar-refractivity contribution < 1.29 is 0 Å². The van der Waals surface area contributed by atoms with Crippen molar-refractivity contribution in [3.8, 4) is 0 Å². The zero-order valence-electron chi connectivity index (χ0n) is 11.7. The lowest BCUT2D eigenvalue weighted by molar-refractivity contribution is 0.170. The maximum absolute atomic E-state index is 4.74. The molecule has 1 heterocycles. The average molecular weight is 314 g/mol. The first-order valence-electron chi connectivity index (χ1n) is 6.84. The van der Waals surface area contributed by atoms with E-state index in [-0.39, 0.29) is 5.54 Å². The van der Waals surface area contributed by atoms with E-state index < -0.39 is 0 Å². The van der Waals surface area contributed by atoms with Gasteiger partial charge >= 0.3 is 0 Å². The van der Waals surface area contributed by atoms with Crippen molar-refractivity contribution in [2.24, 2.45) is 0 Å². The van der Waals surface area contributed by atoms with Gasteiger partial charge in [0, 0.05) is 23.6 Å². The number of nitrogens with zero attached hydrogens (tertiary/aromatic N) is 3. The van der Waals surface area contributed by atoms with Crippen molar-refractivity contribution in [2.45, 2.75) is 57.7 Å². The number of aromatic nitrogens is 2. The van der Waals surface area contributed by atoms with Crippen molar-refractivity contribution in [1.29, 1.82) is 0 Å². The summed E-state index contributed by atoms with van der Waals surface area (Å²) in [5, 5.41) is 5.71. The lowest BCUT2D eigenvalue weighted by Gasteiger charge is -2.33. The van der Waals surface area contributed by atoms with Crippen molar-refractivity contribution in [3.63, 3.8) is 0 Å². The van der Waals surface area contributed by atoms with Crippen LogP contribution in [0.5, 0.6) is 0 Å². The van der Waals surface area contributed by atoms with Crippen LogP contribution in [-0.2, 0) is 6.54 Å². The van der Waals surface area contributed by atoms with Gasteiger partial charge in [-0.25, -0.2) is 0 Å². The second-order valence-corrected chi connectivity index (χ2v) is 6.59. The summed E-state index contributed by atoms with van der Waals surface area (Å²) >= 11 is 3.58. The number of alkyl halides is 1. The summed E-state index contributed by atoms with van der Waals surface area (Å²) in [5.41, 5.74) is 1.34. The Kier molecular flexibility index (Phi) is 4.49. The lowest BCUT2D eigenvalue weighted by Crippen LogP contribution is -2.42. The highest BCUT2D eigenvalue weighted by atomic mass is 79.9. The summed E-state index contributed by atoms with van der Waals surface area (Å²) in [7, 11) is 2.16. The van der Waals surface area contributed by atoms with Gasteiger partial charge in [-0.1, -0.05) is 28.8 Å². The predicted octanol–water partition coefficient (Wildman–Crippen LogP) is 3.60. The van der Waals surface area contributed by atoms with Crippen LogP contribution in [0.15, 0.2) is 12.3 Å². The zero-order chi connectivity index (χ0) is 13.2. The Morgan fingerprint density at radius 1 is 1.44 bits per heavy atom. The first-order chi connectivity index (χ1) is 8.53. The highest BCUT2D eigenvalue weighted by Crippen LogP contribution is 2.29. The first kappa shape index (κ1) is 14.1. The van der Waals surface area contributed by atoms with Crippen LogP contribution in [0.4, 0.5) is 0 Å². The maximum Gasteiger partial charge on any atom is 0.0764 e. The molecule has 0 radical (unpaired) electrons. The first-order valence-corrected chi connectivity index (χ1v) is 7.96. The molecule has 1 aliphatic carbocycles. The van der Waals surface area contributed by atoms with Gasteiger partial charge in [0.15, 0.2) is 0 Å². The van der Waals surface area contributed by atoms with Crippen LogP contribution in [0.1, 0.15) is 51.3 Å². The van der Waals surface area contributed by atoms with E-state index in [1.165, 1.54) is 31.4 Å². The molecule has 0 unspecified atom stereocenters. The fourth-order valence-corrected chi connectivity index (χ4v) is 2.82. The van der Waals surface area contributed by atoms with Crippen LogP contribution in [0.25, 0.3) is 0 Å². The van der Waals surface area contributed by atoms with Crippen LogP contribution >= 0.6 is 15.9 Å². The average Bonchev–Trinajstić information content (AvgIpc) is 2.98. The van der Waals surface area contributed by atoms with Crippen LogP contribution in [-0.4, -0.2) is 32.6 Å². The molecule has 0 atom stereocenters. The van der Waals surface area contributed by atoms with E-state index in [9.17, 15) is 0 Å². The molecule has 0 aliphatic heterocycles. The van der Waals surface area contributed by atoms with E-state index in [4.69, 9.17) is 5.10 Å². The summed E-state index contributed by atoms with van der Waals surface area (Å²) in [6, 6.07) is 2.81. The van der Waals surface area contributed by atoms with Gasteiger partial charge in [-0.05, 0) is 39.8 Å². The van der Waals surface area contributed by atoms with Crippen LogP contribution in [0, 0.1) is 0 Å². The minimum atomic E-state index is 0.164. The molecule has 1 fully saturated rings. The van der Waals surface area contributed by atoms with Crippen LogP contribution < -0.4 is 0 Å². The molecule has 0 N–H and O–H groups in total. The predicted molar refractivity (Wildman–Crippen MR) is 79.1 cm³/mol. The summed E-state index contributed by atoms with van der Waals surface area (Å²) < 4.78 is 2.18. The van der Waals surface area contributed by atoms with E-state index >= 15 is 0 Å². The van der Waals surface area contributed by atoms with E-state index in [2.05, 4.69) is 58.7 Å². The fourth-order valence-electron chi connectivity index (χ4n) is 2.39. The normalized spacial score (nSPS) is 17.8. The standard InChI is InChI=1S/C14H24BrN3/c1-14(2,11-15)17(3)10-12-8-9-18(16-12)13-6-4-5-7-13/h8-9,13H,4-7,10-11H2,1-3H3. The van der Waals surface area contributed by atoms with Crippen molar-refractivity contribution in [1.82, 2.24) is 14.7 Å². The number of hydrogen-bond donors (Lipinski definition) is 0. The smallest absolute Gasteiger partial charge is 0.0764 e. The Bertz CT molecular complexity index is 380. The molecule has 0 bridgehead atoms. The quantitative estimate of drug-likeness (QED) is 0.774. The molecule has 4 heteroatoms. The second-order valence-electron chi connectivity index (χ2n) is 6.03. The van der Waals surface area contributed by atoms with Crippen molar-refractivity contribution in [3.05, 3.63) is 18.0 Å². The largest absolute Gasteiger partial charge is 0.295 e. The Labute approximate surface area is 119 Å². The van der Waals surface area contributed by atoms with Gasteiger partial charge in [-0.3, -0.25) is 9.58 Å². The summed E-state index contributed by atoms with van der Waals surface area (Å²) in [4.78, 5) is 2.35. The third-order valence-corrected chi connectivity index (χ3v) is 5.49.